The zero-order valence-corrected chi connectivity index (χ0v) is 7.77. The van der Waals surface area contributed by atoms with Gasteiger partial charge in [0.25, 0.3) is 0 Å². The van der Waals surface area contributed by atoms with E-state index in [2.05, 4.69) is 4.74 Å². The molecule has 6 nitrogen and oxygen atoms in total. The molecule has 0 fully saturated rings. The molecule has 12 heavy (non-hydrogen) atoms. The molecular weight excluding hydrogens is 184 g/mol. The van der Waals surface area contributed by atoms with E-state index in [4.69, 9.17) is 0 Å². The van der Waals surface area contributed by atoms with Crippen LogP contribution in [0.3, 0.4) is 0 Å². The van der Waals surface area contributed by atoms with Gasteiger partial charge in [0.05, 0.1) is 12.4 Å². The lowest BCUT2D eigenvalue weighted by Crippen LogP contribution is -2.42. The molecular formula is C5H12N2O4S. The quantitative estimate of drug-likeness (QED) is 0.598. The summed E-state index contributed by atoms with van der Waals surface area (Å²) in [5.74, 6) is -0.0978. The van der Waals surface area contributed by atoms with Crippen molar-refractivity contribution in [3.63, 3.8) is 0 Å². The Labute approximate surface area is 71.3 Å². The van der Waals surface area contributed by atoms with Gasteiger partial charge in [-0.15, -0.1) is 4.83 Å². The summed E-state index contributed by atoms with van der Waals surface area (Å²) in [4.78, 5) is 12.4. The smallest absolute Gasteiger partial charge is 0.422 e. The van der Waals surface area contributed by atoms with Gasteiger partial charge in [-0.2, -0.15) is 0 Å². The van der Waals surface area contributed by atoms with E-state index in [1.165, 1.54) is 6.92 Å². The van der Waals surface area contributed by atoms with Gasteiger partial charge in [-0.25, -0.2) is 18.6 Å². The molecule has 0 rings (SSSR count). The third kappa shape index (κ3) is 4.91. The molecule has 7 heteroatoms. The van der Waals surface area contributed by atoms with Gasteiger partial charge in [0, 0.05) is 0 Å². The highest BCUT2D eigenvalue weighted by Gasteiger charge is 2.07. The lowest BCUT2D eigenvalue weighted by Gasteiger charge is -2.05. The molecule has 0 aliphatic heterocycles. The van der Waals surface area contributed by atoms with E-state index >= 15 is 0 Å². The number of carbonyl (C=O) groups excluding carboxylic acids is 1. The monoisotopic (exact) mass is 196 g/mol. The number of amides is 1. The molecule has 0 aromatic rings. The Morgan fingerprint density at radius 1 is 1.42 bits per heavy atom. The number of rotatable bonds is 4. The molecule has 0 atom stereocenters. The minimum absolute atomic E-state index is 0.0978. The van der Waals surface area contributed by atoms with Crippen LogP contribution in [0.4, 0.5) is 4.79 Å². The second-order valence-electron chi connectivity index (χ2n) is 1.85. The lowest BCUT2D eigenvalue weighted by molar-refractivity contribution is 0.150. The van der Waals surface area contributed by atoms with Crippen molar-refractivity contribution in [1.82, 2.24) is 10.3 Å². The number of sulfonamides is 1. The molecule has 1 amide bonds. The molecule has 0 saturated heterocycles. The molecule has 0 radical (unpaired) electrons. The maximum absolute atomic E-state index is 10.7. The Bertz CT molecular complexity index is 236. The van der Waals surface area contributed by atoms with Gasteiger partial charge in [0.2, 0.25) is 10.0 Å². The molecule has 2 N–H and O–H groups in total. The topological polar surface area (TPSA) is 84.5 Å². The molecule has 0 heterocycles. The van der Waals surface area contributed by atoms with Crippen molar-refractivity contribution in [3.8, 4) is 0 Å². The van der Waals surface area contributed by atoms with Gasteiger partial charge < -0.3 is 4.74 Å². The predicted molar refractivity (Wildman–Crippen MR) is 42.8 cm³/mol. The van der Waals surface area contributed by atoms with E-state index in [0.29, 0.717) is 0 Å². The minimum atomic E-state index is -3.39. The number of hydrogen-bond acceptors (Lipinski definition) is 4. The first kappa shape index (κ1) is 11.2. The van der Waals surface area contributed by atoms with Gasteiger partial charge in [-0.05, 0) is 13.8 Å². The molecule has 0 unspecified atom stereocenters. The highest BCUT2D eigenvalue weighted by molar-refractivity contribution is 7.89. The van der Waals surface area contributed by atoms with Crippen molar-refractivity contribution < 1.29 is 17.9 Å². The van der Waals surface area contributed by atoms with Gasteiger partial charge in [-0.3, -0.25) is 0 Å². The van der Waals surface area contributed by atoms with Crippen LogP contribution in [0.1, 0.15) is 13.8 Å². The van der Waals surface area contributed by atoms with Crippen LogP contribution < -0.4 is 10.3 Å². The third-order valence-corrected chi connectivity index (χ3v) is 2.14. The summed E-state index contributed by atoms with van der Waals surface area (Å²) in [6, 6.07) is 0. The number of nitrogens with one attached hydrogen (secondary N) is 2. The van der Waals surface area contributed by atoms with Gasteiger partial charge in [0.15, 0.2) is 0 Å². The average molecular weight is 196 g/mol. The van der Waals surface area contributed by atoms with Crippen LogP contribution in [0.5, 0.6) is 0 Å². The van der Waals surface area contributed by atoms with E-state index in [-0.39, 0.29) is 12.4 Å². The Balaban J connectivity index is 3.76. The second kappa shape index (κ2) is 4.94. The zero-order chi connectivity index (χ0) is 9.61. The summed E-state index contributed by atoms with van der Waals surface area (Å²) in [6.45, 7) is 3.27. The third-order valence-electron chi connectivity index (χ3n) is 0.964. The maximum Gasteiger partial charge on any atom is 0.422 e. The summed E-state index contributed by atoms with van der Waals surface area (Å²) in [5, 5.41) is 0. The van der Waals surface area contributed by atoms with Gasteiger partial charge >= 0.3 is 6.09 Å². The van der Waals surface area contributed by atoms with Crippen LogP contribution in [0.25, 0.3) is 0 Å². The number of ether oxygens (including phenoxy) is 1. The molecule has 0 saturated carbocycles. The number of hydrogen-bond donors (Lipinski definition) is 2. The van der Waals surface area contributed by atoms with Crippen molar-refractivity contribution in [3.05, 3.63) is 0 Å². The van der Waals surface area contributed by atoms with Crippen molar-refractivity contribution in [2.75, 3.05) is 12.4 Å². The fraction of sp³-hybridized carbons (Fsp3) is 0.800. The zero-order valence-electron chi connectivity index (χ0n) is 6.96. The standard InChI is InChI=1S/C5H12N2O4S/c1-3-11-5(8)6-7-12(9,10)4-2/h7H,3-4H2,1-2H3,(H,6,8). The van der Waals surface area contributed by atoms with Crippen molar-refractivity contribution in [2.45, 2.75) is 13.8 Å². The highest BCUT2D eigenvalue weighted by atomic mass is 32.2. The number of hydrazine groups is 1. The van der Waals surface area contributed by atoms with E-state index in [1.807, 2.05) is 10.3 Å². The second-order valence-corrected chi connectivity index (χ2v) is 3.86. The van der Waals surface area contributed by atoms with Crippen molar-refractivity contribution in [1.29, 1.82) is 0 Å². The van der Waals surface area contributed by atoms with Crippen LogP contribution in [0.15, 0.2) is 0 Å². The summed E-state index contributed by atoms with van der Waals surface area (Å²) >= 11 is 0. The highest BCUT2D eigenvalue weighted by Crippen LogP contribution is 1.79. The van der Waals surface area contributed by atoms with Crippen molar-refractivity contribution in [2.24, 2.45) is 0 Å². The summed E-state index contributed by atoms with van der Waals surface area (Å²) in [5.41, 5.74) is 1.88. The summed E-state index contributed by atoms with van der Waals surface area (Å²) < 4.78 is 25.9. The Kier molecular flexibility index (Phi) is 4.60. The lowest BCUT2D eigenvalue weighted by atomic mass is 10.9. The molecule has 0 bridgehead atoms. The number of carbonyl (C=O) groups is 1. The average Bonchev–Trinajstić information content (AvgIpc) is 2.02. The van der Waals surface area contributed by atoms with Crippen LogP contribution in [0, 0.1) is 0 Å². The van der Waals surface area contributed by atoms with Crippen LogP contribution in [0.2, 0.25) is 0 Å². The fourth-order valence-electron chi connectivity index (χ4n) is 0.359. The predicted octanol–water partition coefficient (Wildman–Crippen LogP) is -0.413. The first-order valence-electron chi connectivity index (χ1n) is 3.44. The van der Waals surface area contributed by atoms with Crippen molar-refractivity contribution >= 4 is 16.1 Å². The van der Waals surface area contributed by atoms with Gasteiger partial charge in [-0.1, -0.05) is 0 Å². The molecule has 0 aliphatic carbocycles. The molecule has 0 spiro atoms. The molecule has 0 aromatic heterocycles. The van der Waals surface area contributed by atoms with Crippen LogP contribution in [-0.4, -0.2) is 26.9 Å². The van der Waals surface area contributed by atoms with Crippen LogP contribution in [-0.2, 0) is 14.8 Å². The largest absolute Gasteiger partial charge is 0.449 e. The summed E-state index contributed by atoms with van der Waals surface area (Å²) in [7, 11) is -3.39. The van der Waals surface area contributed by atoms with Crippen LogP contribution >= 0.6 is 0 Å². The minimum Gasteiger partial charge on any atom is -0.449 e. The molecule has 0 aromatic carbocycles. The Hall–Kier alpha value is -0.820. The SMILES string of the molecule is CCOC(=O)NNS(=O)(=O)CC. The van der Waals surface area contributed by atoms with E-state index in [0.717, 1.165) is 0 Å². The van der Waals surface area contributed by atoms with E-state index < -0.39 is 16.1 Å². The Morgan fingerprint density at radius 3 is 2.42 bits per heavy atom. The first-order valence-corrected chi connectivity index (χ1v) is 5.09. The fourth-order valence-corrected chi connectivity index (χ4v) is 0.742. The van der Waals surface area contributed by atoms with Gasteiger partial charge in [0.1, 0.15) is 0 Å². The summed E-state index contributed by atoms with van der Waals surface area (Å²) in [6.07, 6.45) is -0.811. The van der Waals surface area contributed by atoms with E-state index in [9.17, 15) is 13.2 Å². The Morgan fingerprint density at radius 2 is 2.00 bits per heavy atom. The normalized spacial score (nSPS) is 10.8. The van der Waals surface area contributed by atoms with E-state index in [1.54, 1.807) is 6.92 Å². The molecule has 72 valence electrons. The maximum atomic E-state index is 10.7. The first-order chi connectivity index (χ1) is 5.52. The molecule has 0 aliphatic rings.